The first-order valence-electron chi connectivity index (χ1n) is 6.13. The third-order valence-corrected chi connectivity index (χ3v) is 3.80. The lowest BCUT2D eigenvalue weighted by atomic mass is 10.1. The minimum Gasteiger partial charge on any atom is -0.341 e. The van der Waals surface area contributed by atoms with E-state index in [0.717, 1.165) is 25.4 Å². The monoisotopic (exact) mass is 258 g/mol. The van der Waals surface area contributed by atoms with E-state index in [2.05, 4.69) is 19.2 Å². The van der Waals surface area contributed by atoms with Gasteiger partial charge in [-0.1, -0.05) is 25.6 Å². The van der Waals surface area contributed by atoms with Gasteiger partial charge in [0, 0.05) is 44.8 Å². The van der Waals surface area contributed by atoms with Crippen LogP contribution in [0.3, 0.4) is 0 Å². The molecule has 1 amide bonds. The van der Waals surface area contributed by atoms with Gasteiger partial charge in [0.2, 0.25) is 5.91 Å². The molecule has 1 aliphatic rings. The summed E-state index contributed by atoms with van der Waals surface area (Å²) in [5.41, 5.74) is 0. The summed E-state index contributed by atoms with van der Waals surface area (Å²) in [6.07, 6.45) is 0.599. The number of hydrogen-bond acceptors (Lipinski definition) is 4. The maximum absolute atomic E-state index is 11.7. The summed E-state index contributed by atoms with van der Waals surface area (Å²) in [6.45, 7) is 8.19. The molecular formula is C12H22N2O2S. The number of carbonyl (C=O) groups is 2. The van der Waals surface area contributed by atoms with Crippen molar-refractivity contribution in [2.45, 2.75) is 33.2 Å². The van der Waals surface area contributed by atoms with Crippen molar-refractivity contribution in [1.82, 2.24) is 10.2 Å². The molecule has 0 aromatic heterocycles. The zero-order chi connectivity index (χ0) is 12.8. The van der Waals surface area contributed by atoms with Gasteiger partial charge in [0.05, 0.1) is 0 Å². The normalized spacial score (nSPS) is 20.4. The van der Waals surface area contributed by atoms with Gasteiger partial charge in [-0.15, -0.1) is 0 Å². The highest BCUT2D eigenvalue weighted by molar-refractivity contribution is 8.13. The smallest absolute Gasteiger partial charge is 0.222 e. The molecule has 0 saturated carbocycles. The van der Waals surface area contributed by atoms with Crippen molar-refractivity contribution >= 4 is 22.8 Å². The largest absolute Gasteiger partial charge is 0.341 e. The molecule has 17 heavy (non-hydrogen) atoms. The van der Waals surface area contributed by atoms with Crippen LogP contribution in [0.5, 0.6) is 0 Å². The molecule has 1 saturated heterocycles. The van der Waals surface area contributed by atoms with Gasteiger partial charge in [0.25, 0.3) is 0 Å². The molecule has 1 atom stereocenters. The van der Waals surface area contributed by atoms with Crippen molar-refractivity contribution < 1.29 is 9.59 Å². The van der Waals surface area contributed by atoms with Crippen molar-refractivity contribution in [1.29, 1.82) is 0 Å². The highest BCUT2D eigenvalue weighted by Crippen LogP contribution is 2.21. The highest BCUT2D eigenvalue weighted by atomic mass is 32.2. The van der Waals surface area contributed by atoms with E-state index in [0.29, 0.717) is 18.4 Å². The van der Waals surface area contributed by atoms with Crippen LogP contribution in [0.25, 0.3) is 0 Å². The lowest BCUT2D eigenvalue weighted by Gasteiger charge is -2.17. The van der Waals surface area contributed by atoms with E-state index >= 15 is 0 Å². The molecule has 1 fully saturated rings. The molecular weight excluding hydrogens is 236 g/mol. The van der Waals surface area contributed by atoms with Crippen LogP contribution in [0.15, 0.2) is 0 Å². The summed E-state index contributed by atoms with van der Waals surface area (Å²) in [4.78, 5) is 24.5. The topological polar surface area (TPSA) is 49.4 Å². The number of carbonyl (C=O) groups excluding carboxylic acids is 2. The van der Waals surface area contributed by atoms with Crippen molar-refractivity contribution in [2.75, 3.05) is 25.4 Å². The zero-order valence-corrected chi connectivity index (χ0v) is 11.7. The Morgan fingerprint density at radius 2 is 2.29 bits per heavy atom. The second kappa shape index (κ2) is 7.01. The number of nitrogens with one attached hydrogen (secondary N) is 1. The summed E-state index contributed by atoms with van der Waals surface area (Å²) in [5.74, 6) is 1.34. The van der Waals surface area contributed by atoms with Gasteiger partial charge in [0.15, 0.2) is 5.12 Å². The summed E-state index contributed by atoms with van der Waals surface area (Å²) in [5, 5.41) is 3.44. The van der Waals surface area contributed by atoms with Crippen LogP contribution in [0.2, 0.25) is 0 Å². The molecule has 0 aromatic carbocycles. The van der Waals surface area contributed by atoms with Crippen molar-refractivity contribution in [3.63, 3.8) is 0 Å². The number of amides is 1. The highest BCUT2D eigenvalue weighted by Gasteiger charge is 2.29. The molecule has 4 nitrogen and oxygen atoms in total. The van der Waals surface area contributed by atoms with Gasteiger partial charge >= 0.3 is 0 Å². The summed E-state index contributed by atoms with van der Waals surface area (Å²) in [7, 11) is 0. The standard InChI is InChI=1S/C12H22N2O2S/c1-9(2)13-4-5-14-7-11(6-12(14)16)8-17-10(3)15/h9,11,13H,4-8H2,1-3H3. The van der Waals surface area contributed by atoms with E-state index in [1.54, 1.807) is 6.92 Å². The summed E-state index contributed by atoms with van der Waals surface area (Å²) < 4.78 is 0. The fraction of sp³-hybridized carbons (Fsp3) is 0.833. The van der Waals surface area contributed by atoms with E-state index in [1.165, 1.54) is 11.8 Å². The van der Waals surface area contributed by atoms with Gasteiger partial charge in [0.1, 0.15) is 0 Å². The Morgan fingerprint density at radius 3 is 2.88 bits per heavy atom. The minimum atomic E-state index is 0.136. The van der Waals surface area contributed by atoms with Crippen LogP contribution in [0.1, 0.15) is 27.2 Å². The SMILES string of the molecule is CC(=O)SCC1CC(=O)N(CCNC(C)C)C1. The molecule has 0 spiro atoms. The van der Waals surface area contributed by atoms with E-state index in [-0.39, 0.29) is 11.0 Å². The Labute approximate surface area is 108 Å². The Kier molecular flexibility index (Phi) is 5.98. The van der Waals surface area contributed by atoms with Gasteiger partial charge in [-0.05, 0) is 5.92 Å². The Bertz CT molecular complexity index is 282. The van der Waals surface area contributed by atoms with Gasteiger partial charge in [-0.2, -0.15) is 0 Å². The first-order chi connectivity index (χ1) is 7.99. The van der Waals surface area contributed by atoms with Crippen LogP contribution in [-0.2, 0) is 9.59 Å². The molecule has 1 rings (SSSR count). The van der Waals surface area contributed by atoms with Crippen LogP contribution in [0.4, 0.5) is 0 Å². The zero-order valence-electron chi connectivity index (χ0n) is 10.9. The molecule has 5 heteroatoms. The number of thioether (sulfide) groups is 1. The molecule has 1 aliphatic heterocycles. The maximum Gasteiger partial charge on any atom is 0.222 e. The Morgan fingerprint density at radius 1 is 1.59 bits per heavy atom. The average Bonchev–Trinajstić information content (AvgIpc) is 2.56. The van der Waals surface area contributed by atoms with E-state index in [9.17, 15) is 9.59 Å². The average molecular weight is 258 g/mol. The van der Waals surface area contributed by atoms with Crippen LogP contribution in [-0.4, -0.2) is 47.4 Å². The third kappa shape index (κ3) is 5.55. The van der Waals surface area contributed by atoms with Gasteiger partial charge < -0.3 is 10.2 Å². The predicted molar refractivity (Wildman–Crippen MR) is 71.0 cm³/mol. The first kappa shape index (κ1) is 14.5. The van der Waals surface area contributed by atoms with E-state index in [4.69, 9.17) is 0 Å². The van der Waals surface area contributed by atoms with Crippen molar-refractivity contribution in [3.8, 4) is 0 Å². The van der Waals surface area contributed by atoms with E-state index in [1.807, 2.05) is 4.90 Å². The lowest BCUT2D eigenvalue weighted by Crippen LogP contribution is -2.35. The second-order valence-electron chi connectivity index (χ2n) is 4.82. The molecule has 1 N–H and O–H groups in total. The number of rotatable bonds is 6. The molecule has 0 aliphatic carbocycles. The molecule has 1 heterocycles. The molecule has 0 bridgehead atoms. The van der Waals surface area contributed by atoms with Crippen molar-refractivity contribution in [2.24, 2.45) is 5.92 Å². The summed E-state index contributed by atoms with van der Waals surface area (Å²) >= 11 is 1.33. The molecule has 0 radical (unpaired) electrons. The summed E-state index contributed by atoms with van der Waals surface area (Å²) in [6, 6.07) is 0.455. The van der Waals surface area contributed by atoms with E-state index < -0.39 is 0 Å². The quantitative estimate of drug-likeness (QED) is 0.775. The second-order valence-corrected chi connectivity index (χ2v) is 6.02. The minimum absolute atomic E-state index is 0.136. The molecule has 1 unspecified atom stereocenters. The van der Waals surface area contributed by atoms with Crippen LogP contribution >= 0.6 is 11.8 Å². The predicted octanol–water partition coefficient (Wildman–Crippen LogP) is 1.11. The Hall–Kier alpha value is -0.550. The van der Waals surface area contributed by atoms with Gasteiger partial charge in [-0.25, -0.2) is 0 Å². The fourth-order valence-electron chi connectivity index (χ4n) is 1.91. The third-order valence-electron chi connectivity index (χ3n) is 2.75. The molecule has 98 valence electrons. The Balaban J connectivity index is 2.24. The fourth-order valence-corrected chi connectivity index (χ4v) is 2.60. The van der Waals surface area contributed by atoms with Crippen LogP contribution in [0, 0.1) is 5.92 Å². The first-order valence-corrected chi connectivity index (χ1v) is 7.12. The number of nitrogens with zero attached hydrogens (tertiary/aromatic N) is 1. The number of likely N-dealkylation sites (tertiary alicyclic amines) is 1. The van der Waals surface area contributed by atoms with Crippen molar-refractivity contribution in [3.05, 3.63) is 0 Å². The molecule has 0 aromatic rings. The van der Waals surface area contributed by atoms with Crippen LogP contribution < -0.4 is 5.32 Å². The van der Waals surface area contributed by atoms with Gasteiger partial charge in [-0.3, -0.25) is 9.59 Å². The lowest BCUT2D eigenvalue weighted by molar-refractivity contribution is -0.127. The maximum atomic E-state index is 11.7. The number of hydrogen-bond donors (Lipinski definition) is 1.